The summed E-state index contributed by atoms with van der Waals surface area (Å²) in [6.45, 7) is 2.46. The van der Waals surface area contributed by atoms with Gasteiger partial charge in [-0.25, -0.2) is 0 Å². The van der Waals surface area contributed by atoms with Gasteiger partial charge in [0.25, 0.3) is 5.91 Å². The molecule has 0 radical (unpaired) electrons. The lowest BCUT2D eigenvalue weighted by Crippen LogP contribution is -2.35. The molecule has 2 aliphatic rings. The van der Waals surface area contributed by atoms with Crippen molar-refractivity contribution in [3.8, 4) is 11.5 Å². The molecule has 9 heteroatoms. The predicted molar refractivity (Wildman–Crippen MR) is 131 cm³/mol. The molecule has 2 aliphatic heterocycles. The van der Waals surface area contributed by atoms with Crippen LogP contribution in [0.4, 0.5) is 0 Å². The number of hydrazone groups is 1. The van der Waals surface area contributed by atoms with Gasteiger partial charge >= 0.3 is 0 Å². The number of hydrogen-bond acceptors (Lipinski definition) is 6. The second-order valence-electron chi connectivity index (χ2n) is 7.09. The summed E-state index contributed by atoms with van der Waals surface area (Å²) in [5.74, 6) is 0.701. The van der Waals surface area contributed by atoms with Gasteiger partial charge in [0, 0.05) is 4.47 Å². The van der Waals surface area contributed by atoms with Gasteiger partial charge < -0.3 is 9.47 Å². The van der Waals surface area contributed by atoms with E-state index < -0.39 is 5.91 Å². The van der Waals surface area contributed by atoms with E-state index in [1.807, 2.05) is 30.3 Å². The van der Waals surface area contributed by atoms with Gasteiger partial charge in [-0.05, 0) is 66.1 Å². The number of benzene rings is 2. The van der Waals surface area contributed by atoms with Gasteiger partial charge in [-0.1, -0.05) is 41.1 Å². The minimum atomic E-state index is -0.448. The predicted octanol–water partition coefficient (Wildman–Crippen LogP) is 5.46. The van der Waals surface area contributed by atoms with Gasteiger partial charge in [0.2, 0.25) is 5.17 Å². The van der Waals surface area contributed by atoms with Crippen LogP contribution in [0.5, 0.6) is 11.5 Å². The zero-order valence-electron chi connectivity index (χ0n) is 17.6. The molecule has 0 saturated carbocycles. The first-order valence-corrected chi connectivity index (χ1v) is 11.6. The van der Waals surface area contributed by atoms with Gasteiger partial charge in [-0.2, -0.15) is 15.1 Å². The van der Waals surface area contributed by atoms with Gasteiger partial charge in [-0.15, -0.1) is 0 Å². The smallest absolute Gasteiger partial charge is 0.283 e. The van der Waals surface area contributed by atoms with Crippen LogP contribution in [-0.2, 0) is 11.4 Å². The SMILES string of the molecule is CCCC1=NN2C(=N)/C(=C\c3ccc(OCc4ccc(Br)cc4)c(OC)c3)C(=O)N=C2S1. The van der Waals surface area contributed by atoms with E-state index in [9.17, 15) is 4.79 Å². The van der Waals surface area contributed by atoms with Crippen molar-refractivity contribution in [3.05, 3.63) is 63.6 Å². The minimum Gasteiger partial charge on any atom is -0.493 e. The average Bonchev–Trinajstić information content (AvgIpc) is 3.19. The molecule has 0 unspecified atom stereocenters. The molecule has 4 rings (SSSR count). The summed E-state index contributed by atoms with van der Waals surface area (Å²) in [7, 11) is 1.56. The molecule has 0 aromatic heterocycles. The van der Waals surface area contributed by atoms with Gasteiger partial charge in [0.15, 0.2) is 17.3 Å². The number of nitrogens with zero attached hydrogens (tertiary/aromatic N) is 3. The number of hydrogen-bond donors (Lipinski definition) is 1. The summed E-state index contributed by atoms with van der Waals surface area (Å²) in [6.07, 6.45) is 3.36. The van der Waals surface area contributed by atoms with Crippen molar-refractivity contribution in [3.63, 3.8) is 0 Å². The first-order chi connectivity index (χ1) is 15.5. The van der Waals surface area contributed by atoms with E-state index in [0.29, 0.717) is 28.8 Å². The molecule has 2 aromatic carbocycles. The Labute approximate surface area is 198 Å². The topological polar surface area (TPSA) is 87.3 Å². The van der Waals surface area contributed by atoms with E-state index in [-0.39, 0.29) is 11.4 Å². The molecule has 32 heavy (non-hydrogen) atoms. The molecule has 2 aromatic rings. The van der Waals surface area contributed by atoms with Crippen LogP contribution in [0.3, 0.4) is 0 Å². The zero-order valence-corrected chi connectivity index (χ0v) is 20.0. The van der Waals surface area contributed by atoms with Crippen LogP contribution in [0.2, 0.25) is 0 Å². The van der Waals surface area contributed by atoms with Crippen LogP contribution < -0.4 is 9.47 Å². The van der Waals surface area contributed by atoms with Crippen molar-refractivity contribution >= 4 is 55.7 Å². The van der Waals surface area contributed by atoms with Crippen LogP contribution in [0.15, 0.2) is 62.6 Å². The number of carbonyl (C=O) groups is 1. The van der Waals surface area contributed by atoms with Gasteiger partial charge in [0.05, 0.1) is 12.7 Å². The maximum Gasteiger partial charge on any atom is 0.283 e. The number of rotatable bonds is 7. The van der Waals surface area contributed by atoms with Crippen LogP contribution in [0.1, 0.15) is 30.9 Å². The number of amides is 1. The largest absolute Gasteiger partial charge is 0.493 e. The monoisotopic (exact) mass is 512 g/mol. The maximum absolute atomic E-state index is 12.6. The lowest BCUT2D eigenvalue weighted by molar-refractivity contribution is -0.114. The number of halogens is 1. The number of ether oxygens (including phenoxy) is 2. The lowest BCUT2D eigenvalue weighted by atomic mass is 10.1. The Bertz CT molecular complexity index is 1160. The Balaban J connectivity index is 1.54. The van der Waals surface area contributed by atoms with Gasteiger partial charge in [0.1, 0.15) is 11.7 Å². The number of amidine groups is 2. The molecular weight excluding hydrogens is 492 g/mol. The highest BCUT2D eigenvalue weighted by molar-refractivity contribution is 9.10. The Hall–Kier alpha value is -2.91. The summed E-state index contributed by atoms with van der Waals surface area (Å²) in [5.41, 5.74) is 1.92. The number of nitrogens with one attached hydrogen (secondary N) is 1. The van der Waals surface area contributed by atoms with Crippen molar-refractivity contribution in [2.75, 3.05) is 7.11 Å². The third-order valence-corrected chi connectivity index (χ3v) is 6.26. The first kappa shape index (κ1) is 22.3. The molecule has 164 valence electrons. The molecule has 0 bridgehead atoms. The van der Waals surface area contributed by atoms with Crippen LogP contribution in [0.25, 0.3) is 6.08 Å². The third kappa shape index (κ3) is 4.78. The fourth-order valence-corrected chi connectivity index (χ4v) is 4.40. The first-order valence-electron chi connectivity index (χ1n) is 10.0. The van der Waals surface area contributed by atoms with E-state index in [1.165, 1.54) is 16.8 Å². The third-order valence-electron chi connectivity index (χ3n) is 4.77. The Morgan fingerprint density at radius 2 is 1.97 bits per heavy atom. The van der Waals surface area contributed by atoms with Crippen molar-refractivity contribution in [1.29, 1.82) is 5.41 Å². The van der Waals surface area contributed by atoms with E-state index in [0.717, 1.165) is 27.9 Å². The van der Waals surface area contributed by atoms with Crippen molar-refractivity contribution in [2.24, 2.45) is 10.1 Å². The van der Waals surface area contributed by atoms with Crippen LogP contribution in [0, 0.1) is 5.41 Å². The van der Waals surface area contributed by atoms with E-state index in [2.05, 4.69) is 32.9 Å². The zero-order chi connectivity index (χ0) is 22.7. The Kier molecular flexibility index (Phi) is 6.76. The minimum absolute atomic E-state index is 0.0214. The molecule has 0 aliphatic carbocycles. The number of aliphatic imine (C=N–C) groups is 1. The number of fused-ring (bicyclic) bond motifs is 1. The van der Waals surface area contributed by atoms with E-state index >= 15 is 0 Å². The van der Waals surface area contributed by atoms with Crippen LogP contribution >= 0.6 is 27.7 Å². The molecular formula is C23H21BrN4O3S. The van der Waals surface area contributed by atoms with Crippen LogP contribution in [-0.4, -0.2) is 34.1 Å². The number of methoxy groups -OCH3 is 1. The fourth-order valence-electron chi connectivity index (χ4n) is 3.15. The van der Waals surface area contributed by atoms with E-state index in [1.54, 1.807) is 25.3 Å². The highest BCUT2D eigenvalue weighted by atomic mass is 79.9. The highest BCUT2D eigenvalue weighted by Crippen LogP contribution is 2.32. The van der Waals surface area contributed by atoms with Crippen molar-refractivity contribution in [2.45, 2.75) is 26.4 Å². The van der Waals surface area contributed by atoms with Crippen molar-refractivity contribution < 1.29 is 14.3 Å². The summed E-state index contributed by atoms with van der Waals surface area (Å²) >= 11 is 4.77. The van der Waals surface area contributed by atoms with Crippen molar-refractivity contribution in [1.82, 2.24) is 5.01 Å². The Morgan fingerprint density at radius 3 is 2.69 bits per heavy atom. The standard InChI is InChI=1S/C23H21BrN4O3S/c1-3-4-20-27-28-21(25)17(22(29)26-23(28)32-20)11-15-7-10-18(19(12-15)30-2)31-13-14-5-8-16(24)9-6-14/h5-12,25H,3-4,13H2,1-2H3/b17-11+,25-21?. The average molecular weight is 513 g/mol. The molecule has 0 saturated heterocycles. The second kappa shape index (κ2) is 9.70. The molecule has 1 N–H and O–H groups in total. The lowest BCUT2D eigenvalue weighted by Gasteiger charge is -2.20. The summed E-state index contributed by atoms with van der Waals surface area (Å²) < 4.78 is 12.4. The summed E-state index contributed by atoms with van der Waals surface area (Å²) in [5, 5.41) is 15.6. The maximum atomic E-state index is 12.6. The number of thioether (sulfide) groups is 1. The van der Waals surface area contributed by atoms with E-state index in [4.69, 9.17) is 14.9 Å². The quantitative estimate of drug-likeness (QED) is 0.497. The molecule has 2 heterocycles. The number of carbonyl (C=O) groups excluding carboxylic acids is 1. The molecule has 0 spiro atoms. The second-order valence-corrected chi connectivity index (χ2v) is 9.05. The van der Waals surface area contributed by atoms with Gasteiger partial charge in [-0.3, -0.25) is 10.2 Å². The molecule has 7 nitrogen and oxygen atoms in total. The summed E-state index contributed by atoms with van der Waals surface area (Å²) in [6, 6.07) is 13.3. The molecule has 0 atom stereocenters. The fraction of sp³-hybridized carbons (Fsp3) is 0.217. The highest BCUT2D eigenvalue weighted by Gasteiger charge is 2.35. The Morgan fingerprint density at radius 1 is 1.19 bits per heavy atom. The molecule has 0 fully saturated rings. The summed E-state index contributed by atoms with van der Waals surface area (Å²) in [4.78, 5) is 16.7. The normalized spacial score (nSPS) is 16.7. The molecule has 1 amide bonds.